The largest absolute Gasteiger partial charge is 0.496 e. The van der Waals surface area contributed by atoms with E-state index >= 15 is 0 Å². The second kappa shape index (κ2) is 6.35. The van der Waals surface area contributed by atoms with Gasteiger partial charge in [0.25, 0.3) is 0 Å². The normalized spacial score (nSPS) is 22.7. The summed E-state index contributed by atoms with van der Waals surface area (Å²) in [5.74, 6) is 1.32. The van der Waals surface area contributed by atoms with Crippen LogP contribution in [0.5, 0.6) is 5.75 Å². The highest BCUT2D eigenvalue weighted by molar-refractivity contribution is 5.40. The van der Waals surface area contributed by atoms with Gasteiger partial charge in [-0.15, -0.1) is 0 Å². The van der Waals surface area contributed by atoms with Crippen molar-refractivity contribution in [2.45, 2.75) is 45.8 Å². The van der Waals surface area contributed by atoms with E-state index < -0.39 is 0 Å². The number of nitrogens with zero attached hydrogens (tertiary/aromatic N) is 1. The molecule has 4 nitrogen and oxygen atoms in total. The van der Waals surface area contributed by atoms with Gasteiger partial charge >= 0.3 is 0 Å². The van der Waals surface area contributed by atoms with Crippen LogP contribution in [0.15, 0.2) is 6.20 Å². The Morgan fingerprint density at radius 3 is 2.84 bits per heavy atom. The smallest absolute Gasteiger partial charge is 0.128 e. The first kappa shape index (κ1) is 14.3. The second-order valence-electron chi connectivity index (χ2n) is 5.44. The van der Waals surface area contributed by atoms with Gasteiger partial charge in [0.15, 0.2) is 0 Å². The minimum Gasteiger partial charge on any atom is -0.496 e. The highest BCUT2D eigenvalue weighted by atomic mass is 16.5. The van der Waals surface area contributed by atoms with Crippen molar-refractivity contribution in [3.05, 3.63) is 23.0 Å². The number of aryl methyl sites for hydroxylation is 1. The zero-order valence-corrected chi connectivity index (χ0v) is 12.1. The summed E-state index contributed by atoms with van der Waals surface area (Å²) in [6, 6.07) is 0. The maximum atomic E-state index is 9.78. The summed E-state index contributed by atoms with van der Waals surface area (Å²) in [7, 11) is 1.70. The SMILES string of the molecule is COc1c(C)cnc(CNCC2CCCC2O)c1C. The third-order valence-corrected chi connectivity index (χ3v) is 4.07. The second-order valence-corrected chi connectivity index (χ2v) is 5.44. The van der Waals surface area contributed by atoms with Gasteiger partial charge in [0, 0.05) is 30.4 Å². The quantitative estimate of drug-likeness (QED) is 0.853. The molecule has 106 valence electrons. The molecule has 1 aromatic rings. The van der Waals surface area contributed by atoms with Crippen LogP contribution in [0.3, 0.4) is 0 Å². The third-order valence-electron chi connectivity index (χ3n) is 4.07. The van der Waals surface area contributed by atoms with Crippen LogP contribution >= 0.6 is 0 Å². The number of rotatable bonds is 5. The first-order valence-electron chi connectivity index (χ1n) is 7.01. The average Bonchev–Trinajstić information content (AvgIpc) is 2.79. The van der Waals surface area contributed by atoms with Crippen molar-refractivity contribution in [1.82, 2.24) is 10.3 Å². The molecule has 2 atom stereocenters. The molecule has 2 rings (SSSR count). The number of aliphatic hydroxyl groups excluding tert-OH is 1. The van der Waals surface area contributed by atoms with Gasteiger partial charge in [-0.25, -0.2) is 0 Å². The fourth-order valence-corrected chi connectivity index (χ4v) is 2.88. The van der Waals surface area contributed by atoms with Crippen LogP contribution in [0, 0.1) is 19.8 Å². The Morgan fingerprint density at radius 2 is 2.21 bits per heavy atom. The van der Waals surface area contributed by atoms with Gasteiger partial charge in [-0.2, -0.15) is 0 Å². The fraction of sp³-hybridized carbons (Fsp3) is 0.667. The number of nitrogens with one attached hydrogen (secondary N) is 1. The van der Waals surface area contributed by atoms with Crippen molar-refractivity contribution >= 4 is 0 Å². The highest BCUT2D eigenvalue weighted by Crippen LogP contribution is 2.26. The Kier molecular flexibility index (Phi) is 4.77. The number of methoxy groups -OCH3 is 1. The summed E-state index contributed by atoms with van der Waals surface area (Å²) >= 11 is 0. The molecular formula is C15H24N2O2. The number of aromatic nitrogens is 1. The van der Waals surface area contributed by atoms with Crippen LogP contribution < -0.4 is 10.1 Å². The Labute approximate surface area is 115 Å². The van der Waals surface area contributed by atoms with E-state index in [-0.39, 0.29) is 6.10 Å². The standard InChI is InChI=1S/C15H24N2O2/c1-10-7-17-13(11(2)15(10)19-3)9-16-8-12-5-4-6-14(12)18/h7,12,14,16,18H,4-6,8-9H2,1-3H3. The molecule has 0 saturated heterocycles. The Morgan fingerprint density at radius 1 is 1.42 bits per heavy atom. The summed E-state index contributed by atoms with van der Waals surface area (Å²) < 4.78 is 5.41. The molecule has 0 aliphatic heterocycles. The zero-order valence-electron chi connectivity index (χ0n) is 12.1. The van der Waals surface area contributed by atoms with Crippen LogP contribution in [-0.4, -0.2) is 29.8 Å². The molecule has 1 heterocycles. The van der Waals surface area contributed by atoms with E-state index in [1.807, 2.05) is 20.0 Å². The molecule has 1 fully saturated rings. The molecule has 2 unspecified atom stereocenters. The molecule has 0 spiro atoms. The first-order chi connectivity index (χ1) is 9.13. The maximum absolute atomic E-state index is 9.78. The summed E-state index contributed by atoms with van der Waals surface area (Å²) in [4.78, 5) is 4.46. The monoisotopic (exact) mass is 264 g/mol. The van der Waals surface area contributed by atoms with Gasteiger partial charge in [-0.05, 0) is 32.6 Å². The highest BCUT2D eigenvalue weighted by Gasteiger charge is 2.24. The molecule has 4 heteroatoms. The van der Waals surface area contributed by atoms with E-state index in [4.69, 9.17) is 4.74 Å². The van der Waals surface area contributed by atoms with E-state index in [9.17, 15) is 5.11 Å². The molecule has 1 aromatic heterocycles. The summed E-state index contributed by atoms with van der Waals surface area (Å²) in [5.41, 5.74) is 3.19. The van der Waals surface area contributed by atoms with Crippen molar-refractivity contribution in [2.24, 2.45) is 5.92 Å². The lowest BCUT2D eigenvalue weighted by Crippen LogP contribution is -2.28. The maximum Gasteiger partial charge on any atom is 0.128 e. The summed E-state index contributed by atoms with van der Waals surface area (Å²) in [6.45, 7) is 5.63. The van der Waals surface area contributed by atoms with Gasteiger partial charge in [-0.3, -0.25) is 4.98 Å². The van der Waals surface area contributed by atoms with E-state index in [1.54, 1.807) is 7.11 Å². The molecule has 0 aromatic carbocycles. The van der Waals surface area contributed by atoms with E-state index in [0.717, 1.165) is 54.9 Å². The Hall–Kier alpha value is -1.13. The number of hydrogen-bond acceptors (Lipinski definition) is 4. The van der Waals surface area contributed by atoms with E-state index in [2.05, 4.69) is 10.3 Å². The van der Waals surface area contributed by atoms with Gasteiger partial charge in [0.2, 0.25) is 0 Å². The van der Waals surface area contributed by atoms with Crippen molar-refractivity contribution in [2.75, 3.05) is 13.7 Å². The van der Waals surface area contributed by atoms with Crippen molar-refractivity contribution < 1.29 is 9.84 Å². The average molecular weight is 264 g/mol. The van der Waals surface area contributed by atoms with Gasteiger partial charge < -0.3 is 15.2 Å². The van der Waals surface area contributed by atoms with E-state index in [0.29, 0.717) is 5.92 Å². The van der Waals surface area contributed by atoms with Crippen LogP contribution in [0.1, 0.15) is 36.1 Å². The number of aliphatic hydroxyl groups is 1. The van der Waals surface area contributed by atoms with Crippen LogP contribution in [0.4, 0.5) is 0 Å². The van der Waals surface area contributed by atoms with Gasteiger partial charge in [-0.1, -0.05) is 6.42 Å². The minimum absolute atomic E-state index is 0.130. The molecule has 1 aliphatic rings. The lowest BCUT2D eigenvalue weighted by molar-refractivity contribution is 0.131. The number of pyridine rings is 1. The molecule has 1 aliphatic carbocycles. The first-order valence-corrected chi connectivity index (χ1v) is 7.01. The zero-order chi connectivity index (χ0) is 13.8. The summed E-state index contributed by atoms with van der Waals surface area (Å²) in [6.07, 6.45) is 4.94. The number of hydrogen-bond donors (Lipinski definition) is 2. The van der Waals surface area contributed by atoms with E-state index in [1.165, 1.54) is 0 Å². The number of ether oxygens (including phenoxy) is 1. The third kappa shape index (κ3) is 3.25. The van der Waals surface area contributed by atoms with Crippen molar-refractivity contribution in [3.8, 4) is 5.75 Å². The Bertz CT molecular complexity index is 434. The minimum atomic E-state index is -0.130. The topological polar surface area (TPSA) is 54.4 Å². The molecular weight excluding hydrogens is 240 g/mol. The lowest BCUT2D eigenvalue weighted by atomic mass is 10.1. The fourth-order valence-electron chi connectivity index (χ4n) is 2.88. The Balaban J connectivity index is 1.92. The predicted octanol–water partition coefficient (Wildman–Crippen LogP) is 1.96. The molecule has 0 bridgehead atoms. The van der Waals surface area contributed by atoms with Crippen LogP contribution in [0.2, 0.25) is 0 Å². The molecule has 0 amide bonds. The van der Waals surface area contributed by atoms with Gasteiger partial charge in [0.1, 0.15) is 5.75 Å². The van der Waals surface area contributed by atoms with Gasteiger partial charge in [0.05, 0.1) is 18.9 Å². The molecule has 0 radical (unpaired) electrons. The van der Waals surface area contributed by atoms with Crippen LogP contribution in [0.25, 0.3) is 0 Å². The summed E-state index contributed by atoms with van der Waals surface area (Å²) in [5, 5.41) is 13.2. The molecule has 2 N–H and O–H groups in total. The van der Waals surface area contributed by atoms with Crippen molar-refractivity contribution in [1.29, 1.82) is 0 Å². The predicted molar refractivity (Wildman–Crippen MR) is 75.3 cm³/mol. The van der Waals surface area contributed by atoms with Crippen LogP contribution in [-0.2, 0) is 6.54 Å². The molecule has 19 heavy (non-hydrogen) atoms. The van der Waals surface area contributed by atoms with Crippen molar-refractivity contribution in [3.63, 3.8) is 0 Å². The lowest BCUT2D eigenvalue weighted by Gasteiger charge is -2.16. The molecule has 1 saturated carbocycles.